The molecule has 4 nitrogen and oxygen atoms in total. The number of ketones is 1. The van der Waals surface area contributed by atoms with E-state index < -0.39 is 5.41 Å². The number of aromatic nitrogens is 1. The van der Waals surface area contributed by atoms with Crippen molar-refractivity contribution in [2.45, 2.75) is 53.5 Å². The number of carbonyl (C=O) groups is 1. The van der Waals surface area contributed by atoms with Gasteiger partial charge >= 0.3 is 0 Å². The van der Waals surface area contributed by atoms with Gasteiger partial charge in [-0.1, -0.05) is 20.8 Å². The van der Waals surface area contributed by atoms with Crippen LogP contribution >= 0.6 is 0 Å². The van der Waals surface area contributed by atoms with Crippen LogP contribution in [0.4, 0.5) is 0 Å². The van der Waals surface area contributed by atoms with Crippen LogP contribution < -0.4 is 5.32 Å². The van der Waals surface area contributed by atoms with Crippen molar-refractivity contribution in [3.05, 3.63) is 29.7 Å². The van der Waals surface area contributed by atoms with Crippen LogP contribution in [0.25, 0.3) is 11.1 Å². The summed E-state index contributed by atoms with van der Waals surface area (Å²) in [6, 6.07) is 5.48. The Morgan fingerprint density at radius 3 is 2.45 bits per heavy atom. The maximum Gasteiger partial charge on any atom is 0.196 e. The summed E-state index contributed by atoms with van der Waals surface area (Å²) in [5, 5.41) is 3.41. The Bertz CT molecular complexity index is 672. The van der Waals surface area contributed by atoms with Gasteiger partial charge in [0, 0.05) is 29.5 Å². The minimum atomic E-state index is -0.392. The summed E-state index contributed by atoms with van der Waals surface area (Å²) in [6.45, 7) is 13.0. The SMILES string of the molecule is CC(C)(C)NCCc1nc2cc(C(=O)C(C)(C)C)ccc2o1. The molecule has 0 fully saturated rings. The lowest BCUT2D eigenvalue weighted by Crippen LogP contribution is -2.37. The van der Waals surface area contributed by atoms with E-state index in [4.69, 9.17) is 4.42 Å². The van der Waals surface area contributed by atoms with Gasteiger partial charge in [-0.2, -0.15) is 0 Å². The predicted octanol–water partition coefficient (Wildman–Crippen LogP) is 3.99. The maximum absolute atomic E-state index is 12.3. The number of rotatable bonds is 4. The number of nitrogens with zero attached hydrogens (tertiary/aromatic N) is 1. The Balaban J connectivity index is 2.16. The summed E-state index contributed by atoms with van der Waals surface area (Å²) in [7, 11) is 0. The van der Waals surface area contributed by atoms with E-state index in [1.54, 1.807) is 0 Å². The zero-order valence-corrected chi connectivity index (χ0v) is 14.4. The van der Waals surface area contributed by atoms with E-state index in [1.165, 1.54) is 0 Å². The highest BCUT2D eigenvalue weighted by molar-refractivity contribution is 6.01. The van der Waals surface area contributed by atoms with Crippen molar-refractivity contribution in [1.29, 1.82) is 0 Å². The summed E-state index contributed by atoms with van der Waals surface area (Å²) >= 11 is 0. The lowest BCUT2D eigenvalue weighted by atomic mass is 9.86. The minimum absolute atomic E-state index is 0.0817. The Labute approximate surface area is 132 Å². The number of benzene rings is 1. The lowest BCUT2D eigenvalue weighted by molar-refractivity contribution is 0.0858. The lowest BCUT2D eigenvalue weighted by Gasteiger charge is -2.19. The molecule has 0 spiro atoms. The van der Waals surface area contributed by atoms with Gasteiger partial charge in [-0.3, -0.25) is 4.79 Å². The zero-order valence-electron chi connectivity index (χ0n) is 14.4. The van der Waals surface area contributed by atoms with Gasteiger partial charge in [0.1, 0.15) is 5.52 Å². The first-order chi connectivity index (χ1) is 10.1. The van der Waals surface area contributed by atoms with Gasteiger partial charge in [0.15, 0.2) is 17.3 Å². The number of Topliss-reactive ketones (excluding diaryl/α,β-unsaturated/α-hetero) is 1. The zero-order chi connectivity index (χ0) is 16.5. The molecule has 0 aliphatic carbocycles. The van der Waals surface area contributed by atoms with Crippen molar-refractivity contribution in [2.24, 2.45) is 5.41 Å². The number of carbonyl (C=O) groups excluding carboxylic acids is 1. The third-order valence-corrected chi connectivity index (χ3v) is 3.37. The first-order valence-electron chi connectivity index (χ1n) is 7.75. The fourth-order valence-corrected chi connectivity index (χ4v) is 2.20. The third kappa shape index (κ3) is 4.17. The quantitative estimate of drug-likeness (QED) is 0.868. The molecular formula is C18H26N2O2. The highest BCUT2D eigenvalue weighted by atomic mass is 16.3. The molecule has 0 unspecified atom stereocenters. The second kappa shape index (κ2) is 5.84. The molecule has 0 bridgehead atoms. The molecule has 1 N–H and O–H groups in total. The van der Waals surface area contributed by atoms with Crippen LogP contribution in [0, 0.1) is 5.41 Å². The summed E-state index contributed by atoms with van der Waals surface area (Å²) in [5.74, 6) is 0.820. The summed E-state index contributed by atoms with van der Waals surface area (Å²) in [4.78, 5) is 16.8. The summed E-state index contributed by atoms with van der Waals surface area (Å²) in [6.07, 6.45) is 0.731. The van der Waals surface area contributed by atoms with Gasteiger partial charge in [0.25, 0.3) is 0 Å². The fraction of sp³-hybridized carbons (Fsp3) is 0.556. The molecule has 4 heteroatoms. The van der Waals surface area contributed by atoms with Gasteiger partial charge in [-0.05, 0) is 39.0 Å². The monoisotopic (exact) mass is 302 g/mol. The van der Waals surface area contributed by atoms with Gasteiger partial charge in [0.05, 0.1) is 0 Å². The van der Waals surface area contributed by atoms with Crippen LogP contribution in [-0.2, 0) is 6.42 Å². The van der Waals surface area contributed by atoms with E-state index in [1.807, 2.05) is 39.0 Å². The summed E-state index contributed by atoms with van der Waals surface area (Å²) in [5.41, 5.74) is 1.86. The molecule has 2 rings (SSSR count). The first-order valence-corrected chi connectivity index (χ1v) is 7.75. The molecule has 0 radical (unpaired) electrons. The molecule has 0 aliphatic rings. The average Bonchev–Trinajstić information content (AvgIpc) is 2.76. The molecule has 0 aliphatic heterocycles. The van der Waals surface area contributed by atoms with E-state index in [0.29, 0.717) is 11.5 Å². The van der Waals surface area contributed by atoms with Crippen molar-refractivity contribution in [3.8, 4) is 0 Å². The fourth-order valence-electron chi connectivity index (χ4n) is 2.20. The number of hydrogen-bond donors (Lipinski definition) is 1. The van der Waals surface area contributed by atoms with Gasteiger partial charge in [-0.25, -0.2) is 4.98 Å². The molecular weight excluding hydrogens is 276 g/mol. The van der Waals surface area contributed by atoms with Gasteiger partial charge in [-0.15, -0.1) is 0 Å². The first kappa shape index (κ1) is 16.7. The van der Waals surface area contributed by atoms with E-state index in [-0.39, 0.29) is 11.3 Å². The van der Waals surface area contributed by atoms with Crippen LogP contribution in [0.3, 0.4) is 0 Å². The molecule has 1 aromatic carbocycles. The largest absolute Gasteiger partial charge is 0.441 e. The number of nitrogens with one attached hydrogen (secondary N) is 1. The Morgan fingerprint density at radius 2 is 1.86 bits per heavy atom. The molecule has 1 aromatic heterocycles. The maximum atomic E-state index is 12.3. The summed E-state index contributed by atoms with van der Waals surface area (Å²) < 4.78 is 5.74. The third-order valence-electron chi connectivity index (χ3n) is 3.37. The standard InChI is InChI=1S/C18H26N2O2/c1-17(2,3)16(21)12-7-8-14-13(11-12)20-15(22-14)9-10-19-18(4,5)6/h7-8,11,19H,9-10H2,1-6H3. The number of fused-ring (bicyclic) bond motifs is 1. The van der Waals surface area contributed by atoms with Gasteiger partial charge in [0.2, 0.25) is 0 Å². The molecule has 2 aromatic rings. The smallest absolute Gasteiger partial charge is 0.196 e. The Kier molecular flexibility index (Phi) is 4.43. The van der Waals surface area contributed by atoms with E-state index in [2.05, 4.69) is 31.1 Å². The molecule has 0 amide bonds. The van der Waals surface area contributed by atoms with Crippen molar-refractivity contribution >= 4 is 16.9 Å². The number of oxazole rings is 1. The van der Waals surface area contributed by atoms with Crippen molar-refractivity contribution in [3.63, 3.8) is 0 Å². The van der Waals surface area contributed by atoms with Crippen LogP contribution in [0.2, 0.25) is 0 Å². The van der Waals surface area contributed by atoms with E-state index in [0.717, 1.165) is 24.1 Å². The average molecular weight is 302 g/mol. The van der Waals surface area contributed by atoms with E-state index in [9.17, 15) is 4.79 Å². The normalized spacial score (nSPS) is 12.8. The van der Waals surface area contributed by atoms with Crippen LogP contribution in [0.15, 0.2) is 22.6 Å². The molecule has 22 heavy (non-hydrogen) atoms. The van der Waals surface area contributed by atoms with Crippen LogP contribution in [0.1, 0.15) is 57.8 Å². The molecule has 0 atom stereocenters. The minimum Gasteiger partial charge on any atom is -0.441 e. The van der Waals surface area contributed by atoms with Crippen LogP contribution in [-0.4, -0.2) is 22.9 Å². The van der Waals surface area contributed by atoms with Gasteiger partial charge < -0.3 is 9.73 Å². The highest BCUT2D eigenvalue weighted by Crippen LogP contribution is 2.24. The predicted molar refractivity (Wildman–Crippen MR) is 89.3 cm³/mol. The van der Waals surface area contributed by atoms with Crippen molar-refractivity contribution in [1.82, 2.24) is 10.3 Å². The van der Waals surface area contributed by atoms with Crippen LogP contribution in [0.5, 0.6) is 0 Å². The Hall–Kier alpha value is -1.68. The second-order valence-electron chi connectivity index (χ2n) is 7.80. The van der Waals surface area contributed by atoms with E-state index >= 15 is 0 Å². The number of hydrogen-bond acceptors (Lipinski definition) is 4. The molecule has 0 saturated heterocycles. The highest BCUT2D eigenvalue weighted by Gasteiger charge is 2.23. The topological polar surface area (TPSA) is 55.1 Å². The molecule has 120 valence electrons. The Morgan fingerprint density at radius 1 is 1.18 bits per heavy atom. The molecule has 1 heterocycles. The van der Waals surface area contributed by atoms with Crippen molar-refractivity contribution in [2.75, 3.05) is 6.54 Å². The second-order valence-corrected chi connectivity index (χ2v) is 7.80. The van der Waals surface area contributed by atoms with Crippen molar-refractivity contribution < 1.29 is 9.21 Å². The molecule has 0 saturated carbocycles.